The molecule has 0 amide bonds. The molecule has 2 aliphatic heterocycles. The molecule has 0 N–H and O–H groups in total. The Morgan fingerprint density at radius 3 is 2.34 bits per heavy atom. The van der Waals surface area contributed by atoms with Crippen molar-refractivity contribution in [2.75, 3.05) is 21.3 Å². The fourth-order valence-corrected chi connectivity index (χ4v) is 5.59. The average molecular weight is 489 g/mol. The van der Waals surface area contributed by atoms with E-state index in [-0.39, 0.29) is 29.8 Å². The maximum Gasteiger partial charge on any atom is 0.263 e. The van der Waals surface area contributed by atoms with Gasteiger partial charge in [-0.25, -0.2) is 0 Å². The Morgan fingerprint density at radius 2 is 1.69 bits per heavy atom. The molecule has 2 aliphatic rings. The molecule has 0 aromatic heterocycles. The second kappa shape index (κ2) is 12.6. The van der Waals surface area contributed by atoms with E-state index < -0.39 is 17.7 Å². The van der Waals surface area contributed by atoms with Gasteiger partial charge in [-0.2, -0.15) is 0 Å². The summed E-state index contributed by atoms with van der Waals surface area (Å²) in [5.41, 5.74) is -0.279. The zero-order valence-corrected chi connectivity index (χ0v) is 22.3. The van der Waals surface area contributed by atoms with Gasteiger partial charge in [-0.3, -0.25) is 4.79 Å². The maximum absolute atomic E-state index is 13.6. The first-order valence-electron chi connectivity index (χ1n) is 13.0. The number of benzene rings is 1. The van der Waals surface area contributed by atoms with E-state index in [1.54, 1.807) is 21.1 Å². The predicted octanol–water partition coefficient (Wildman–Crippen LogP) is 6.01. The van der Waals surface area contributed by atoms with E-state index in [0.717, 1.165) is 37.7 Å². The van der Waals surface area contributed by atoms with E-state index in [9.17, 15) is 4.79 Å². The Bertz CT molecular complexity index is 826. The molecule has 7 atom stereocenters. The van der Waals surface area contributed by atoms with Crippen molar-refractivity contribution in [2.45, 2.75) is 95.6 Å². The molecule has 0 spiro atoms. The van der Waals surface area contributed by atoms with Crippen LogP contribution in [0.4, 0.5) is 0 Å². The van der Waals surface area contributed by atoms with Gasteiger partial charge in [0, 0.05) is 33.7 Å². The van der Waals surface area contributed by atoms with Crippen LogP contribution in [0.15, 0.2) is 42.5 Å². The lowest BCUT2D eigenvalue weighted by molar-refractivity contribution is -0.376. The summed E-state index contributed by atoms with van der Waals surface area (Å²) in [4.78, 5) is 13.6. The number of carbonyl (C=O) groups excluding carboxylic acids is 1. The smallest absolute Gasteiger partial charge is 0.263 e. The lowest BCUT2D eigenvalue weighted by atomic mass is 9.78. The third-order valence-corrected chi connectivity index (χ3v) is 7.77. The molecule has 2 bridgehead atoms. The van der Waals surface area contributed by atoms with Gasteiger partial charge in [-0.05, 0) is 37.7 Å². The minimum Gasteiger partial charge on any atom is -0.367 e. The van der Waals surface area contributed by atoms with Gasteiger partial charge in [0.15, 0.2) is 17.7 Å². The molecule has 2 heterocycles. The number of hydrogen-bond donors (Lipinski definition) is 0. The van der Waals surface area contributed by atoms with Crippen LogP contribution in [0.1, 0.15) is 77.4 Å². The van der Waals surface area contributed by atoms with E-state index in [1.165, 1.54) is 13.5 Å². The number of ketones is 1. The second-order valence-electron chi connectivity index (χ2n) is 10.2. The summed E-state index contributed by atoms with van der Waals surface area (Å²) >= 11 is 0. The van der Waals surface area contributed by atoms with Crippen LogP contribution in [0.5, 0.6) is 0 Å². The molecular formula is C29H44O6. The molecule has 196 valence electrons. The molecule has 0 saturated carbocycles. The highest BCUT2D eigenvalue weighted by Crippen LogP contribution is 2.45. The largest absolute Gasteiger partial charge is 0.367 e. The van der Waals surface area contributed by atoms with Crippen molar-refractivity contribution >= 4 is 5.78 Å². The number of rotatable bonds is 4. The molecule has 1 aromatic carbocycles. The summed E-state index contributed by atoms with van der Waals surface area (Å²) in [7, 11) is 4.63. The molecule has 3 rings (SSSR count). The maximum atomic E-state index is 13.6. The Morgan fingerprint density at radius 1 is 0.971 bits per heavy atom. The van der Waals surface area contributed by atoms with Crippen LogP contribution < -0.4 is 0 Å². The summed E-state index contributed by atoms with van der Waals surface area (Å²) in [5.74, 6) is -1.67. The molecule has 1 fully saturated rings. The molecular weight excluding hydrogens is 444 g/mol. The highest BCUT2D eigenvalue weighted by Gasteiger charge is 2.65. The van der Waals surface area contributed by atoms with E-state index >= 15 is 0 Å². The van der Waals surface area contributed by atoms with Crippen molar-refractivity contribution in [3.05, 3.63) is 48.0 Å². The minimum absolute atomic E-state index is 0.0457. The molecule has 1 aromatic rings. The lowest BCUT2D eigenvalue weighted by Crippen LogP contribution is -2.71. The summed E-state index contributed by atoms with van der Waals surface area (Å²) in [6.07, 6.45) is 9.84. The molecule has 6 heteroatoms. The van der Waals surface area contributed by atoms with Crippen LogP contribution >= 0.6 is 0 Å². The van der Waals surface area contributed by atoms with Crippen molar-refractivity contribution in [3.63, 3.8) is 0 Å². The lowest BCUT2D eigenvalue weighted by Gasteiger charge is -2.52. The number of carbonyl (C=O) groups is 1. The fourth-order valence-electron chi connectivity index (χ4n) is 5.59. The number of ether oxygens (including phenoxy) is 5. The number of methoxy groups -OCH3 is 3. The van der Waals surface area contributed by atoms with Gasteiger partial charge in [0.2, 0.25) is 0 Å². The van der Waals surface area contributed by atoms with Crippen molar-refractivity contribution in [1.82, 2.24) is 0 Å². The van der Waals surface area contributed by atoms with E-state index in [1.807, 2.05) is 18.2 Å². The van der Waals surface area contributed by atoms with Gasteiger partial charge >= 0.3 is 0 Å². The van der Waals surface area contributed by atoms with Crippen LogP contribution in [0.3, 0.4) is 0 Å². The normalized spacial score (nSPS) is 37.8. The zero-order valence-electron chi connectivity index (χ0n) is 22.3. The first-order chi connectivity index (χ1) is 16.8. The molecule has 7 unspecified atom stereocenters. The van der Waals surface area contributed by atoms with Crippen molar-refractivity contribution in [3.8, 4) is 0 Å². The first-order valence-corrected chi connectivity index (χ1v) is 13.0. The fraction of sp³-hybridized carbons (Fsp3) is 0.690. The summed E-state index contributed by atoms with van der Waals surface area (Å²) in [6.45, 7) is 5.99. The average Bonchev–Trinajstić information content (AvgIpc) is 2.87. The zero-order chi connectivity index (χ0) is 25.5. The third-order valence-electron chi connectivity index (χ3n) is 7.77. The van der Waals surface area contributed by atoms with Gasteiger partial charge < -0.3 is 23.7 Å². The Balaban J connectivity index is 2.06. The molecule has 0 radical (unpaired) electrons. The monoisotopic (exact) mass is 488 g/mol. The SMILES string of the molecule is COC1OC(c2ccccc2)CCCCCCC=CC(C)C2OC(OC)(C(=O)CC2C)C1(C)OC. The highest BCUT2D eigenvalue weighted by atomic mass is 16.8. The summed E-state index contributed by atoms with van der Waals surface area (Å²) in [6, 6.07) is 10.2. The topological polar surface area (TPSA) is 63.2 Å². The first kappa shape index (κ1) is 28.0. The van der Waals surface area contributed by atoms with Gasteiger partial charge in [0.1, 0.15) is 0 Å². The van der Waals surface area contributed by atoms with Crippen LogP contribution in [-0.4, -0.2) is 50.9 Å². The van der Waals surface area contributed by atoms with Gasteiger partial charge in [-0.1, -0.05) is 75.6 Å². The predicted molar refractivity (Wildman–Crippen MR) is 136 cm³/mol. The van der Waals surface area contributed by atoms with Crippen molar-refractivity contribution in [1.29, 1.82) is 0 Å². The van der Waals surface area contributed by atoms with E-state index in [2.05, 4.69) is 38.1 Å². The Labute approximate surface area is 211 Å². The van der Waals surface area contributed by atoms with Crippen LogP contribution in [0.25, 0.3) is 0 Å². The standard InChI is InChI=1S/C29H44O6/c1-21-16-12-9-7-8-10-15-19-24(23-17-13-11-14-18-23)34-27(31-4)28(3,32-5)29(33-6)25(30)20-22(2)26(21)35-29/h11-14,16-18,21-22,24,26-27H,7-10,15,19-20H2,1-6H3. The van der Waals surface area contributed by atoms with Crippen LogP contribution in [0, 0.1) is 11.8 Å². The third kappa shape index (κ3) is 5.89. The molecule has 1 saturated heterocycles. The second-order valence-corrected chi connectivity index (χ2v) is 10.2. The number of hydrogen-bond acceptors (Lipinski definition) is 6. The summed E-state index contributed by atoms with van der Waals surface area (Å²) in [5, 5.41) is 0. The van der Waals surface area contributed by atoms with Crippen LogP contribution in [-0.2, 0) is 28.5 Å². The van der Waals surface area contributed by atoms with Gasteiger partial charge in [0.25, 0.3) is 5.79 Å². The van der Waals surface area contributed by atoms with E-state index in [0.29, 0.717) is 6.42 Å². The van der Waals surface area contributed by atoms with E-state index in [4.69, 9.17) is 23.7 Å². The minimum atomic E-state index is -1.67. The van der Waals surface area contributed by atoms with Crippen LogP contribution in [0.2, 0.25) is 0 Å². The highest BCUT2D eigenvalue weighted by molar-refractivity contribution is 5.88. The molecule has 35 heavy (non-hydrogen) atoms. The van der Waals surface area contributed by atoms with Crippen molar-refractivity contribution in [2.24, 2.45) is 11.8 Å². The van der Waals surface area contributed by atoms with Gasteiger partial charge in [-0.15, -0.1) is 0 Å². The molecule has 6 nitrogen and oxygen atoms in total. The number of fused-ring (bicyclic) bond motifs is 2. The van der Waals surface area contributed by atoms with Crippen molar-refractivity contribution < 1.29 is 28.5 Å². The number of Topliss-reactive ketones (excluding diaryl/α,β-unsaturated/α-hetero) is 1. The Kier molecular flexibility index (Phi) is 10.1. The summed E-state index contributed by atoms with van der Waals surface area (Å²) < 4.78 is 31.2. The Hall–Kier alpha value is -1.57. The number of allylic oxidation sites excluding steroid dienone is 1. The quantitative estimate of drug-likeness (QED) is 0.484. The van der Waals surface area contributed by atoms with Gasteiger partial charge in [0.05, 0.1) is 12.2 Å². The molecule has 0 aliphatic carbocycles.